The molecule has 1 atom stereocenters. The van der Waals surface area contributed by atoms with E-state index in [4.69, 9.17) is 4.74 Å². The molecule has 2 N–H and O–H groups in total. The average Bonchev–Trinajstić information content (AvgIpc) is 3.35. The quantitative estimate of drug-likeness (QED) is 0.441. The van der Waals surface area contributed by atoms with E-state index >= 15 is 0 Å². The first kappa shape index (κ1) is 23.9. The van der Waals surface area contributed by atoms with E-state index in [2.05, 4.69) is 26.2 Å². The molecule has 0 saturated heterocycles. The van der Waals surface area contributed by atoms with Crippen LogP contribution in [0, 0.1) is 6.92 Å². The van der Waals surface area contributed by atoms with Crippen LogP contribution in [0.25, 0.3) is 16.6 Å². The number of nitrogens with zero attached hydrogens (tertiary/aromatic N) is 5. The third-order valence-corrected chi connectivity index (χ3v) is 5.39. The van der Waals surface area contributed by atoms with Gasteiger partial charge in [-0.15, -0.1) is 5.10 Å². The third-order valence-electron chi connectivity index (χ3n) is 5.39. The number of aryl methyl sites for hydroxylation is 2. The Balaban J connectivity index is 1.59. The normalized spacial score (nSPS) is 12.4. The number of para-hydroxylation sites is 1. The summed E-state index contributed by atoms with van der Waals surface area (Å²) in [5.74, 6) is 0.253. The molecule has 0 radical (unpaired) electrons. The molecule has 0 aliphatic rings. The van der Waals surface area contributed by atoms with Crippen LogP contribution in [0.2, 0.25) is 0 Å². The maximum absolute atomic E-state index is 13.4. The number of tetrazole rings is 1. The number of aromatic nitrogens is 5. The first-order valence-corrected chi connectivity index (χ1v) is 11.3. The van der Waals surface area contributed by atoms with Crippen LogP contribution in [0.1, 0.15) is 32.2 Å². The van der Waals surface area contributed by atoms with E-state index in [0.717, 1.165) is 16.5 Å². The third kappa shape index (κ3) is 5.65. The van der Waals surface area contributed by atoms with E-state index in [9.17, 15) is 9.59 Å². The van der Waals surface area contributed by atoms with Gasteiger partial charge in [0.1, 0.15) is 11.6 Å². The number of nitrogens with one attached hydrogen (secondary N) is 2. The van der Waals surface area contributed by atoms with Gasteiger partial charge in [-0.3, -0.25) is 4.79 Å². The fourth-order valence-corrected chi connectivity index (χ4v) is 3.88. The van der Waals surface area contributed by atoms with Gasteiger partial charge in [-0.1, -0.05) is 24.3 Å². The van der Waals surface area contributed by atoms with Crippen molar-refractivity contribution in [3.8, 4) is 5.69 Å². The molecule has 35 heavy (non-hydrogen) atoms. The molecule has 2 amide bonds. The number of carbonyl (C=O) groups excluding carboxylic acids is 2. The summed E-state index contributed by atoms with van der Waals surface area (Å²) in [6.45, 7) is 7.12. The largest absolute Gasteiger partial charge is 0.444 e. The molecular formula is C25H29N7O3. The van der Waals surface area contributed by atoms with Crippen molar-refractivity contribution < 1.29 is 14.3 Å². The van der Waals surface area contributed by atoms with Crippen molar-refractivity contribution >= 4 is 28.6 Å². The van der Waals surface area contributed by atoms with Gasteiger partial charge < -0.3 is 19.9 Å². The maximum Gasteiger partial charge on any atom is 0.408 e. The summed E-state index contributed by atoms with van der Waals surface area (Å²) < 4.78 is 9.00. The Kier molecular flexibility index (Phi) is 6.54. The van der Waals surface area contributed by atoms with Crippen molar-refractivity contribution in [1.29, 1.82) is 0 Å². The van der Waals surface area contributed by atoms with Crippen LogP contribution in [-0.2, 0) is 23.0 Å². The topological polar surface area (TPSA) is 116 Å². The van der Waals surface area contributed by atoms with Gasteiger partial charge >= 0.3 is 6.09 Å². The SMILES string of the molecule is Cc1nnnn1-c1cccc(NC(=O)[C@H](Cc2cn(C)c3ccccc23)NC(=O)OC(C)(C)C)c1. The van der Waals surface area contributed by atoms with E-state index in [-0.39, 0.29) is 12.3 Å². The molecule has 2 aromatic carbocycles. The molecule has 0 bridgehead atoms. The average molecular weight is 476 g/mol. The Morgan fingerprint density at radius 2 is 1.89 bits per heavy atom. The molecule has 10 heteroatoms. The highest BCUT2D eigenvalue weighted by Gasteiger charge is 2.26. The van der Waals surface area contributed by atoms with Crippen LogP contribution in [0.3, 0.4) is 0 Å². The number of fused-ring (bicyclic) bond motifs is 1. The van der Waals surface area contributed by atoms with Crippen molar-refractivity contribution in [2.24, 2.45) is 7.05 Å². The number of rotatable bonds is 6. The van der Waals surface area contributed by atoms with Crippen molar-refractivity contribution in [2.45, 2.75) is 45.8 Å². The number of hydrogen-bond acceptors (Lipinski definition) is 6. The summed E-state index contributed by atoms with van der Waals surface area (Å²) in [5, 5.41) is 18.2. The summed E-state index contributed by atoms with van der Waals surface area (Å²) >= 11 is 0. The Bertz CT molecular complexity index is 1370. The molecule has 2 aromatic heterocycles. The van der Waals surface area contributed by atoms with E-state index in [1.54, 1.807) is 50.6 Å². The van der Waals surface area contributed by atoms with Gasteiger partial charge in [0.2, 0.25) is 5.91 Å². The number of amides is 2. The fourth-order valence-electron chi connectivity index (χ4n) is 3.88. The summed E-state index contributed by atoms with van der Waals surface area (Å²) in [6.07, 6.45) is 1.61. The molecule has 0 unspecified atom stereocenters. The maximum atomic E-state index is 13.4. The minimum absolute atomic E-state index is 0.290. The molecule has 0 spiro atoms. The number of alkyl carbamates (subject to hydrolysis) is 1. The minimum Gasteiger partial charge on any atom is -0.444 e. The molecule has 2 heterocycles. The standard InChI is InChI=1S/C25H29N7O3/c1-16-28-29-30-32(16)19-10-8-9-18(14-19)26-23(33)21(27-24(34)35-25(2,3)4)13-17-15-31(5)22-12-7-6-11-20(17)22/h6-12,14-15,21H,13H2,1-5H3,(H,26,33)(H,27,34)/t21-/m0/s1. The smallest absolute Gasteiger partial charge is 0.408 e. The predicted molar refractivity (Wildman–Crippen MR) is 132 cm³/mol. The monoisotopic (exact) mass is 475 g/mol. The van der Waals surface area contributed by atoms with Crippen LogP contribution in [0.15, 0.2) is 54.7 Å². The van der Waals surface area contributed by atoms with E-state index < -0.39 is 17.7 Å². The lowest BCUT2D eigenvalue weighted by molar-refractivity contribution is -0.118. The summed E-state index contributed by atoms with van der Waals surface area (Å²) in [7, 11) is 1.95. The molecule has 0 fully saturated rings. The van der Waals surface area contributed by atoms with Crippen LogP contribution >= 0.6 is 0 Å². The van der Waals surface area contributed by atoms with Crippen LogP contribution in [-0.4, -0.2) is 48.4 Å². The second kappa shape index (κ2) is 9.57. The summed E-state index contributed by atoms with van der Waals surface area (Å²) in [6, 6.07) is 14.2. The Morgan fingerprint density at radius 3 is 2.60 bits per heavy atom. The second-order valence-electron chi connectivity index (χ2n) is 9.36. The Labute approximate surface area is 203 Å². The van der Waals surface area contributed by atoms with Crippen molar-refractivity contribution in [1.82, 2.24) is 30.1 Å². The lowest BCUT2D eigenvalue weighted by atomic mass is 10.0. The van der Waals surface area contributed by atoms with Gasteiger partial charge in [0.15, 0.2) is 5.82 Å². The van der Waals surface area contributed by atoms with Crippen molar-refractivity contribution in [3.63, 3.8) is 0 Å². The Hall–Kier alpha value is -4.21. The lowest BCUT2D eigenvalue weighted by Gasteiger charge is -2.23. The number of anilines is 1. The zero-order valence-corrected chi connectivity index (χ0v) is 20.4. The van der Waals surface area contributed by atoms with Gasteiger partial charge in [-0.25, -0.2) is 4.79 Å². The molecular weight excluding hydrogens is 446 g/mol. The highest BCUT2D eigenvalue weighted by atomic mass is 16.6. The van der Waals surface area contributed by atoms with Crippen LogP contribution in [0.4, 0.5) is 10.5 Å². The highest BCUT2D eigenvalue weighted by molar-refractivity contribution is 5.97. The van der Waals surface area contributed by atoms with Gasteiger partial charge in [-0.05, 0) is 68.0 Å². The molecule has 0 aliphatic heterocycles. The fraction of sp³-hybridized carbons (Fsp3) is 0.320. The molecule has 182 valence electrons. The number of carbonyl (C=O) groups is 2. The van der Waals surface area contributed by atoms with Crippen LogP contribution in [0.5, 0.6) is 0 Å². The predicted octanol–water partition coefficient (Wildman–Crippen LogP) is 3.54. The molecule has 4 rings (SSSR count). The van der Waals surface area contributed by atoms with Gasteiger partial charge in [0.25, 0.3) is 0 Å². The van der Waals surface area contributed by atoms with Gasteiger partial charge in [-0.2, -0.15) is 4.68 Å². The highest BCUT2D eigenvalue weighted by Crippen LogP contribution is 2.22. The number of benzene rings is 2. The summed E-state index contributed by atoms with van der Waals surface area (Å²) in [5.41, 5.74) is 2.55. The van der Waals surface area contributed by atoms with E-state index in [1.807, 2.05) is 48.1 Å². The van der Waals surface area contributed by atoms with Crippen molar-refractivity contribution in [2.75, 3.05) is 5.32 Å². The first-order chi connectivity index (χ1) is 16.6. The lowest BCUT2D eigenvalue weighted by Crippen LogP contribution is -2.47. The molecule has 4 aromatic rings. The van der Waals surface area contributed by atoms with Crippen molar-refractivity contribution in [3.05, 3.63) is 66.1 Å². The molecule has 0 aliphatic carbocycles. The number of ether oxygens (including phenoxy) is 1. The van der Waals surface area contributed by atoms with E-state index in [0.29, 0.717) is 17.2 Å². The zero-order valence-electron chi connectivity index (χ0n) is 20.4. The molecule has 0 saturated carbocycles. The van der Waals surface area contributed by atoms with Gasteiger partial charge in [0, 0.05) is 36.3 Å². The zero-order chi connectivity index (χ0) is 25.2. The first-order valence-electron chi connectivity index (χ1n) is 11.3. The van der Waals surface area contributed by atoms with E-state index in [1.165, 1.54) is 0 Å². The minimum atomic E-state index is -0.867. The van der Waals surface area contributed by atoms with Gasteiger partial charge in [0.05, 0.1) is 5.69 Å². The summed E-state index contributed by atoms with van der Waals surface area (Å²) in [4.78, 5) is 26.0. The molecule has 10 nitrogen and oxygen atoms in total. The Morgan fingerprint density at radius 1 is 1.11 bits per heavy atom. The number of hydrogen-bond donors (Lipinski definition) is 2. The van der Waals surface area contributed by atoms with Crippen LogP contribution < -0.4 is 10.6 Å². The second-order valence-corrected chi connectivity index (χ2v) is 9.36.